The zero-order valence-electron chi connectivity index (χ0n) is 15.5. The van der Waals surface area contributed by atoms with E-state index in [1.807, 2.05) is 0 Å². The predicted octanol–water partition coefficient (Wildman–Crippen LogP) is 2.85. The van der Waals surface area contributed by atoms with Crippen LogP contribution in [0.5, 0.6) is 0 Å². The summed E-state index contributed by atoms with van der Waals surface area (Å²) >= 11 is 0. The average Bonchev–Trinajstić information content (AvgIpc) is 2.69. The van der Waals surface area contributed by atoms with Gasteiger partial charge >= 0.3 is 6.18 Å². The Kier molecular flexibility index (Phi) is 5.07. The van der Waals surface area contributed by atoms with E-state index in [2.05, 4.69) is 26.1 Å². The number of alkyl halides is 3. The Bertz CT molecular complexity index is 903. The van der Waals surface area contributed by atoms with Crippen LogP contribution in [0.25, 0.3) is 0 Å². The highest BCUT2D eigenvalue weighted by molar-refractivity contribution is 5.42. The molecule has 2 aromatic rings. The van der Waals surface area contributed by atoms with Crippen LogP contribution in [0, 0.1) is 5.92 Å². The van der Waals surface area contributed by atoms with E-state index in [0.29, 0.717) is 12.6 Å². The van der Waals surface area contributed by atoms with Crippen LogP contribution in [-0.2, 0) is 25.6 Å². The number of fused-ring (bicyclic) bond motifs is 1. The van der Waals surface area contributed by atoms with Gasteiger partial charge in [-0.05, 0) is 56.1 Å². The number of hydrogen-bond acceptors (Lipinski definition) is 5. The third-order valence-electron chi connectivity index (χ3n) is 5.62. The molecule has 3 heterocycles. The number of piperidine rings is 1. The lowest BCUT2D eigenvalue weighted by atomic mass is 9.95. The molecule has 2 aromatic heterocycles. The molecule has 1 fully saturated rings. The molecule has 1 aliphatic heterocycles. The molecule has 6 nitrogen and oxygen atoms in total. The van der Waals surface area contributed by atoms with E-state index in [-0.39, 0.29) is 5.92 Å². The summed E-state index contributed by atoms with van der Waals surface area (Å²) < 4.78 is 39.2. The van der Waals surface area contributed by atoms with Crippen LogP contribution in [0.15, 0.2) is 23.3 Å². The molecule has 1 saturated heterocycles. The van der Waals surface area contributed by atoms with Gasteiger partial charge in [-0.2, -0.15) is 18.3 Å². The summed E-state index contributed by atoms with van der Waals surface area (Å²) in [4.78, 5) is 17.6. The lowest BCUT2D eigenvalue weighted by molar-refractivity contribution is -0.141. The van der Waals surface area contributed by atoms with Crippen LogP contribution >= 0.6 is 0 Å². The number of hydrogen-bond donors (Lipinski definition) is 0. The maximum absolute atomic E-state index is 12.6. The van der Waals surface area contributed by atoms with E-state index >= 15 is 0 Å². The second-order valence-electron chi connectivity index (χ2n) is 7.57. The summed E-state index contributed by atoms with van der Waals surface area (Å²) in [6.45, 7) is 1.97. The van der Waals surface area contributed by atoms with E-state index in [1.54, 1.807) is 0 Å². The maximum atomic E-state index is 12.6. The van der Waals surface area contributed by atoms with Gasteiger partial charge in [-0.15, -0.1) is 5.10 Å². The minimum Gasteiger partial charge on any atom is -0.355 e. The molecule has 0 atom stereocenters. The fourth-order valence-electron chi connectivity index (χ4n) is 3.97. The van der Waals surface area contributed by atoms with Crippen molar-refractivity contribution in [1.82, 2.24) is 19.7 Å². The summed E-state index contributed by atoms with van der Waals surface area (Å²) in [6, 6.07) is 2.71. The monoisotopic (exact) mass is 393 g/mol. The highest BCUT2D eigenvalue weighted by Gasteiger charge is 2.33. The fraction of sp³-hybridized carbons (Fsp3) is 0.579. The molecule has 0 saturated carbocycles. The smallest absolute Gasteiger partial charge is 0.355 e. The third-order valence-corrected chi connectivity index (χ3v) is 5.62. The Morgan fingerprint density at radius 1 is 1.07 bits per heavy atom. The van der Waals surface area contributed by atoms with E-state index in [0.717, 1.165) is 56.6 Å². The van der Waals surface area contributed by atoms with Gasteiger partial charge < -0.3 is 4.90 Å². The number of aromatic nitrogens is 4. The van der Waals surface area contributed by atoms with Gasteiger partial charge in [0.15, 0.2) is 11.5 Å². The van der Waals surface area contributed by atoms with E-state index < -0.39 is 17.4 Å². The van der Waals surface area contributed by atoms with Gasteiger partial charge in [0.05, 0.1) is 12.0 Å². The van der Waals surface area contributed by atoms with Gasteiger partial charge in [0, 0.05) is 25.7 Å². The molecule has 2 aliphatic rings. The van der Waals surface area contributed by atoms with Crippen molar-refractivity contribution in [3.63, 3.8) is 0 Å². The van der Waals surface area contributed by atoms with Crippen LogP contribution in [0.3, 0.4) is 0 Å². The molecular formula is C19H22F3N5O. The summed E-state index contributed by atoms with van der Waals surface area (Å²) in [5, 5.41) is 8.76. The van der Waals surface area contributed by atoms with Crippen molar-refractivity contribution in [2.24, 2.45) is 5.92 Å². The molecule has 28 heavy (non-hydrogen) atoms. The van der Waals surface area contributed by atoms with E-state index in [1.165, 1.54) is 23.0 Å². The van der Waals surface area contributed by atoms with Crippen molar-refractivity contribution in [2.75, 3.05) is 18.0 Å². The Morgan fingerprint density at radius 3 is 2.54 bits per heavy atom. The first-order valence-electron chi connectivity index (χ1n) is 9.64. The molecule has 0 N–H and O–H groups in total. The number of anilines is 1. The predicted molar refractivity (Wildman–Crippen MR) is 97.1 cm³/mol. The zero-order valence-corrected chi connectivity index (χ0v) is 15.5. The number of halogens is 3. The van der Waals surface area contributed by atoms with E-state index in [9.17, 15) is 18.0 Å². The van der Waals surface area contributed by atoms with Gasteiger partial charge in [-0.1, -0.05) is 0 Å². The molecule has 0 bridgehead atoms. The molecule has 0 spiro atoms. The maximum Gasteiger partial charge on any atom is 0.433 e. The van der Waals surface area contributed by atoms with Crippen LogP contribution < -0.4 is 10.5 Å². The second kappa shape index (κ2) is 7.52. The first kappa shape index (κ1) is 18.9. The van der Waals surface area contributed by atoms with Gasteiger partial charge in [0.1, 0.15) is 0 Å². The molecule has 4 rings (SSSR count). The van der Waals surface area contributed by atoms with Crippen molar-refractivity contribution in [3.8, 4) is 0 Å². The largest absolute Gasteiger partial charge is 0.433 e. The average molecular weight is 393 g/mol. The van der Waals surface area contributed by atoms with Gasteiger partial charge in [0.25, 0.3) is 5.56 Å². The molecule has 9 heteroatoms. The first-order valence-corrected chi connectivity index (χ1v) is 9.64. The van der Waals surface area contributed by atoms with E-state index in [4.69, 9.17) is 0 Å². The number of nitrogens with zero attached hydrogens (tertiary/aromatic N) is 5. The van der Waals surface area contributed by atoms with Crippen LogP contribution in [0.2, 0.25) is 0 Å². The Hall–Kier alpha value is -2.45. The van der Waals surface area contributed by atoms with Crippen LogP contribution in [-0.4, -0.2) is 32.8 Å². The lowest BCUT2D eigenvalue weighted by Gasteiger charge is -2.33. The Morgan fingerprint density at radius 2 is 1.82 bits per heavy atom. The third kappa shape index (κ3) is 4.02. The van der Waals surface area contributed by atoms with Crippen molar-refractivity contribution >= 4 is 5.82 Å². The highest BCUT2D eigenvalue weighted by Crippen LogP contribution is 2.27. The Labute approximate surface area is 160 Å². The Balaban J connectivity index is 1.38. The minimum absolute atomic E-state index is 0.220. The highest BCUT2D eigenvalue weighted by atomic mass is 19.4. The molecule has 0 unspecified atom stereocenters. The first-order chi connectivity index (χ1) is 13.4. The molecule has 150 valence electrons. The van der Waals surface area contributed by atoms with Crippen LogP contribution in [0.1, 0.15) is 42.6 Å². The lowest BCUT2D eigenvalue weighted by Crippen LogP contribution is -2.37. The van der Waals surface area contributed by atoms with Gasteiger partial charge in [0.2, 0.25) is 0 Å². The molecule has 0 amide bonds. The second-order valence-corrected chi connectivity index (χ2v) is 7.57. The quantitative estimate of drug-likeness (QED) is 0.803. The molecule has 0 radical (unpaired) electrons. The molecule has 1 aliphatic carbocycles. The fourth-order valence-corrected chi connectivity index (χ4v) is 3.97. The van der Waals surface area contributed by atoms with Crippen LogP contribution in [0.4, 0.5) is 19.0 Å². The van der Waals surface area contributed by atoms with Crippen molar-refractivity contribution < 1.29 is 13.2 Å². The summed E-state index contributed by atoms with van der Waals surface area (Å²) in [7, 11) is 0. The van der Waals surface area contributed by atoms with Gasteiger partial charge in [-0.3, -0.25) is 9.36 Å². The zero-order chi connectivity index (χ0) is 19.7. The number of rotatable bonds is 3. The minimum atomic E-state index is -4.60. The number of aryl methyl sites for hydroxylation is 2. The molecule has 0 aromatic carbocycles. The van der Waals surface area contributed by atoms with Gasteiger partial charge in [-0.25, -0.2) is 4.98 Å². The summed E-state index contributed by atoms with van der Waals surface area (Å²) in [6.07, 6.45) is 2.50. The standard InChI is InChI=1S/C19H22F3N5O/c20-19(21,22)16-10-18(28)27(12-23-16)11-13-5-7-26(8-6-13)17-9-14-3-1-2-4-15(14)24-25-17/h9-10,12-13H,1-8,11H2. The molecular weight excluding hydrogens is 371 g/mol. The SMILES string of the molecule is O=c1cc(C(F)(F)F)ncn1CC1CCN(c2cc3c(nn2)CCCC3)CC1. The van der Waals surface area contributed by atoms with Crippen molar-refractivity contribution in [2.45, 2.75) is 51.2 Å². The topological polar surface area (TPSA) is 63.9 Å². The summed E-state index contributed by atoms with van der Waals surface area (Å²) in [5.41, 5.74) is 0.597. The van der Waals surface area contributed by atoms with Crippen molar-refractivity contribution in [1.29, 1.82) is 0 Å². The van der Waals surface area contributed by atoms with Crippen molar-refractivity contribution in [3.05, 3.63) is 45.8 Å². The summed E-state index contributed by atoms with van der Waals surface area (Å²) in [5.74, 6) is 1.12. The normalized spacial score (nSPS) is 18.2.